The van der Waals surface area contributed by atoms with Crippen LogP contribution in [0.5, 0.6) is 0 Å². The number of aromatic nitrogens is 1. The number of fused-ring (bicyclic) bond motifs is 3. The molecule has 1 aromatic heterocycles. The number of nitrogens with zero attached hydrogens (tertiary/aromatic N) is 2. The lowest BCUT2D eigenvalue weighted by atomic mass is 10.1. The van der Waals surface area contributed by atoms with Crippen molar-refractivity contribution < 1.29 is 0 Å². The van der Waals surface area contributed by atoms with Crippen molar-refractivity contribution in [1.29, 1.82) is 0 Å². The lowest BCUT2D eigenvalue weighted by molar-refractivity contribution is 0.350. The van der Waals surface area contributed by atoms with Gasteiger partial charge >= 0.3 is 0 Å². The van der Waals surface area contributed by atoms with Gasteiger partial charge in [-0.05, 0) is 42.8 Å². The summed E-state index contributed by atoms with van der Waals surface area (Å²) in [7, 11) is 2.19. The molecule has 130 valence electrons. The number of benzene rings is 2. The van der Waals surface area contributed by atoms with Gasteiger partial charge in [0.2, 0.25) is 0 Å². The maximum atomic E-state index is 6.94. The van der Waals surface area contributed by atoms with Gasteiger partial charge in [0.15, 0.2) is 0 Å². The molecule has 2 aromatic carbocycles. The normalized spacial score (nSPS) is 16.6. The predicted molar refractivity (Wildman–Crippen MR) is 107 cm³/mol. The van der Waals surface area contributed by atoms with Gasteiger partial charge in [0.25, 0.3) is 0 Å². The highest BCUT2D eigenvalue weighted by atomic mass is 35.5. The zero-order chi connectivity index (χ0) is 17.4. The number of halogens is 2. The maximum absolute atomic E-state index is 6.94. The van der Waals surface area contributed by atoms with Crippen LogP contribution in [-0.2, 0) is 19.3 Å². The van der Waals surface area contributed by atoms with Crippen LogP contribution in [0.4, 0.5) is 0 Å². The number of rotatable bonds is 3. The zero-order valence-electron chi connectivity index (χ0n) is 14.4. The van der Waals surface area contributed by atoms with Crippen molar-refractivity contribution in [2.24, 2.45) is 0 Å². The van der Waals surface area contributed by atoms with Crippen molar-refractivity contribution in [3.8, 4) is 0 Å². The molecule has 0 saturated heterocycles. The van der Waals surface area contributed by atoms with E-state index in [0.29, 0.717) is 0 Å². The Labute approximate surface area is 159 Å². The van der Waals surface area contributed by atoms with Gasteiger partial charge in [0.05, 0.1) is 0 Å². The van der Waals surface area contributed by atoms with Crippen LogP contribution < -0.4 is 0 Å². The molecule has 4 heteroatoms. The lowest BCUT2D eigenvalue weighted by Crippen LogP contribution is -2.21. The zero-order valence-corrected chi connectivity index (χ0v) is 15.9. The van der Waals surface area contributed by atoms with Gasteiger partial charge in [0, 0.05) is 47.6 Å². The molecule has 4 rings (SSSR count). The fourth-order valence-corrected chi connectivity index (χ4v) is 4.46. The summed E-state index contributed by atoms with van der Waals surface area (Å²) >= 11 is 13.2. The third-order valence-electron chi connectivity index (χ3n) is 5.18. The number of alkyl halides is 1. The second-order valence-electron chi connectivity index (χ2n) is 6.88. The summed E-state index contributed by atoms with van der Waals surface area (Å²) in [6.07, 6.45) is 2.89. The van der Waals surface area contributed by atoms with Crippen LogP contribution in [0.15, 0.2) is 48.5 Å². The van der Waals surface area contributed by atoms with E-state index in [0.717, 1.165) is 37.4 Å². The highest BCUT2D eigenvalue weighted by molar-refractivity contribution is 6.31. The average molecular weight is 373 g/mol. The first-order valence-corrected chi connectivity index (χ1v) is 9.62. The van der Waals surface area contributed by atoms with Crippen molar-refractivity contribution in [1.82, 2.24) is 9.47 Å². The summed E-state index contributed by atoms with van der Waals surface area (Å²) in [6, 6.07) is 16.7. The Kier molecular flexibility index (Phi) is 4.77. The molecular formula is C21H22Cl2N2. The highest BCUT2D eigenvalue weighted by Crippen LogP contribution is 2.35. The van der Waals surface area contributed by atoms with Crippen molar-refractivity contribution in [3.05, 3.63) is 70.4 Å². The van der Waals surface area contributed by atoms with Gasteiger partial charge in [-0.3, -0.25) is 0 Å². The van der Waals surface area contributed by atoms with E-state index in [4.69, 9.17) is 23.2 Å². The molecule has 0 N–H and O–H groups in total. The van der Waals surface area contributed by atoms with E-state index in [1.54, 1.807) is 0 Å². The Morgan fingerprint density at radius 3 is 2.60 bits per heavy atom. The van der Waals surface area contributed by atoms with Crippen molar-refractivity contribution in [3.63, 3.8) is 0 Å². The van der Waals surface area contributed by atoms with Crippen LogP contribution in [0.25, 0.3) is 10.9 Å². The molecule has 0 bridgehead atoms. The molecule has 2 heterocycles. The first kappa shape index (κ1) is 17.0. The average Bonchev–Trinajstić information content (AvgIpc) is 2.78. The van der Waals surface area contributed by atoms with Gasteiger partial charge in [-0.1, -0.05) is 53.5 Å². The Bertz CT molecular complexity index is 886. The van der Waals surface area contributed by atoms with Crippen molar-refractivity contribution in [2.75, 3.05) is 20.1 Å². The molecule has 0 saturated carbocycles. The summed E-state index contributed by atoms with van der Waals surface area (Å²) in [4.78, 5) is 2.39. The van der Waals surface area contributed by atoms with Gasteiger partial charge in [-0.2, -0.15) is 0 Å². The second-order valence-corrected chi connectivity index (χ2v) is 7.82. The Balaban J connectivity index is 1.82. The van der Waals surface area contributed by atoms with Gasteiger partial charge in [-0.25, -0.2) is 0 Å². The lowest BCUT2D eigenvalue weighted by Gasteiger charge is -2.18. The van der Waals surface area contributed by atoms with E-state index in [1.165, 1.54) is 27.7 Å². The van der Waals surface area contributed by atoms with Crippen LogP contribution in [0, 0.1) is 0 Å². The SMILES string of the molecule is CN1CCc2c(n(C(Cl)Cc3ccccc3)c3ccc(Cl)cc23)CC1. The molecule has 1 aliphatic rings. The second kappa shape index (κ2) is 7.03. The first-order chi connectivity index (χ1) is 12.1. The van der Waals surface area contributed by atoms with E-state index in [9.17, 15) is 0 Å². The minimum Gasteiger partial charge on any atom is -0.327 e. The Morgan fingerprint density at radius 1 is 1.04 bits per heavy atom. The van der Waals surface area contributed by atoms with E-state index >= 15 is 0 Å². The molecule has 0 radical (unpaired) electrons. The Morgan fingerprint density at radius 2 is 1.80 bits per heavy atom. The van der Waals surface area contributed by atoms with Gasteiger partial charge in [0.1, 0.15) is 5.50 Å². The molecule has 0 amide bonds. The molecule has 0 fully saturated rings. The van der Waals surface area contributed by atoms with Crippen LogP contribution in [0.2, 0.25) is 5.02 Å². The monoisotopic (exact) mass is 372 g/mol. The third kappa shape index (κ3) is 3.31. The fraction of sp³-hybridized carbons (Fsp3) is 0.333. The minimum absolute atomic E-state index is 0.0989. The van der Waals surface area contributed by atoms with Crippen LogP contribution >= 0.6 is 23.2 Å². The Hall–Kier alpha value is -1.48. The van der Waals surface area contributed by atoms with Crippen molar-refractivity contribution in [2.45, 2.75) is 24.8 Å². The smallest absolute Gasteiger partial charge is 0.112 e. The molecule has 3 aromatic rings. The summed E-state index contributed by atoms with van der Waals surface area (Å²) in [5, 5.41) is 2.05. The first-order valence-electron chi connectivity index (χ1n) is 8.81. The predicted octanol–water partition coefficient (Wildman–Crippen LogP) is 5.31. The van der Waals surface area contributed by atoms with E-state index < -0.39 is 0 Å². The van der Waals surface area contributed by atoms with Gasteiger partial charge < -0.3 is 9.47 Å². The van der Waals surface area contributed by atoms with Crippen LogP contribution in [-0.4, -0.2) is 29.6 Å². The summed E-state index contributed by atoms with van der Waals surface area (Å²) in [5.41, 5.74) is 5.16. The van der Waals surface area contributed by atoms with E-state index in [1.807, 2.05) is 12.1 Å². The number of hydrogen-bond donors (Lipinski definition) is 0. The minimum atomic E-state index is -0.0989. The largest absolute Gasteiger partial charge is 0.327 e. The molecule has 0 spiro atoms. The maximum Gasteiger partial charge on any atom is 0.112 e. The van der Waals surface area contributed by atoms with E-state index in [-0.39, 0.29) is 5.50 Å². The molecule has 25 heavy (non-hydrogen) atoms. The van der Waals surface area contributed by atoms with Crippen LogP contribution in [0.1, 0.15) is 22.3 Å². The van der Waals surface area contributed by atoms with Gasteiger partial charge in [-0.15, -0.1) is 0 Å². The summed E-state index contributed by atoms with van der Waals surface area (Å²) < 4.78 is 2.34. The topological polar surface area (TPSA) is 8.17 Å². The van der Waals surface area contributed by atoms with Crippen molar-refractivity contribution >= 4 is 34.1 Å². The number of hydrogen-bond acceptors (Lipinski definition) is 1. The summed E-state index contributed by atoms with van der Waals surface area (Å²) in [5.74, 6) is 0. The fourth-order valence-electron chi connectivity index (χ4n) is 3.89. The number of likely N-dealkylation sites (N-methyl/N-ethyl adjacent to an activating group) is 1. The molecule has 1 aliphatic heterocycles. The van der Waals surface area contributed by atoms with Crippen LogP contribution in [0.3, 0.4) is 0 Å². The molecule has 1 atom stereocenters. The highest BCUT2D eigenvalue weighted by Gasteiger charge is 2.24. The molecule has 0 aliphatic carbocycles. The quantitative estimate of drug-likeness (QED) is 0.565. The van der Waals surface area contributed by atoms with E-state index in [2.05, 4.69) is 52.9 Å². The molecule has 2 nitrogen and oxygen atoms in total. The third-order valence-corrected chi connectivity index (χ3v) is 5.77. The standard InChI is InChI=1S/C21H22Cl2N2/c1-24-11-9-17-18-14-16(22)7-8-19(18)25(20(17)10-12-24)21(23)13-15-5-3-2-4-6-15/h2-8,14,21H,9-13H2,1H3. The molecule has 1 unspecified atom stereocenters. The molecular weight excluding hydrogens is 351 g/mol. The summed E-state index contributed by atoms with van der Waals surface area (Å²) in [6.45, 7) is 2.14.